The molecule has 2 rings (SSSR count). The molecule has 5 heteroatoms. The number of nitrogen functional groups attached to an aromatic ring is 1. The van der Waals surface area contributed by atoms with Crippen LogP contribution in [0.4, 0.5) is 10.1 Å². The van der Waals surface area contributed by atoms with E-state index in [1.807, 2.05) is 0 Å². The van der Waals surface area contributed by atoms with Gasteiger partial charge in [-0.05, 0) is 12.1 Å². The van der Waals surface area contributed by atoms with Crippen LogP contribution >= 0.6 is 0 Å². The summed E-state index contributed by atoms with van der Waals surface area (Å²) in [5.41, 5.74) is 6.18. The van der Waals surface area contributed by atoms with Crippen LogP contribution in [0.15, 0.2) is 18.2 Å². The van der Waals surface area contributed by atoms with Crippen LogP contribution in [0.5, 0.6) is 5.75 Å². The van der Waals surface area contributed by atoms with Gasteiger partial charge >= 0.3 is 0 Å². The maximum absolute atomic E-state index is 13.1. The van der Waals surface area contributed by atoms with Gasteiger partial charge in [-0.15, -0.1) is 0 Å². The number of ether oxygens (including phenoxy) is 3. The normalized spacial score (nSPS) is 27.4. The average Bonchev–Trinajstić information content (AvgIpc) is 2.76. The van der Waals surface area contributed by atoms with Gasteiger partial charge in [-0.2, -0.15) is 0 Å². The van der Waals surface area contributed by atoms with E-state index in [9.17, 15) is 4.39 Å². The number of hydrogen-bond donors (Lipinski definition) is 1. The van der Waals surface area contributed by atoms with Crippen LogP contribution in [-0.2, 0) is 9.47 Å². The van der Waals surface area contributed by atoms with Crippen molar-refractivity contribution in [2.75, 3.05) is 20.0 Å². The van der Waals surface area contributed by atoms with Crippen molar-refractivity contribution in [3.8, 4) is 5.75 Å². The van der Waals surface area contributed by atoms with Gasteiger partial charge in [0, 0.05) is 33.1 Å². The van der Waals surface area contributed by atoms with Gasteiger partial charge in [0.2, 0.25) is 0 Å². The number of methoxy groups -OCH3 is 2. The molecule has 1 saturated carbocycles. The first-order valence-corrected chi connectivity index (χ1v) is 5.91. The predicted molar refractivity (Wildman–Crippen MR) is 66.1 cm³/mol. The molecule has 0 aromatic heterocycles. The molecule has 0 saturated heterocycles. The Kier molecular flexibility index (Phi) is 4.04. The Labute approximate surface area is 106 Å². The predicted octanol–water partition coefficient (Wildman–Crippen LogP) is 1.98. The van der Waals surface area contributed by atoms with Gasteiger partial charge in [0.25, 0.3) is 0 Å². The molecule has 0 bridgehead atoms. The Morgan fingerprint density at radius 2 is 1.78 bits per heavy atom. The van der Waals surface area contributed by atoms with Crippen molar-refractivity contribution in [1.29, 1.82) is 0 Å². The molecule has 0 aliphatic heterocycles. The lowest BCUT2D eigenvalue weighted by Gasteiger charge is -2.15. The second-order valence-corrected chi connectivity index (χ2v) is 4.44. The van der Waals surface area contributed by atoms with Gasteiger partial charge in [-0.25, -0.2) is 4.39 Å². The van der Waals surface area contributed by atoms with E-state index in [1.54, 1.807) is 14.2 Å². The summed E-state index contributed by atoms with van der Waals surface area (Å²) >= 11 is 0. The van der Waals surface area contributed by atoms with Crippen LogP contribution in [0.25, 0.3) is 0 Å². The summed E-state index contributed by atoms with van der Waals surface area (Å²) in [5.74, 6) is 0.0235. The Bertz CT molecular complexity index is 401. The smallest absolute Gasteiger partial charge is 0.145 e. The van der Waals surface area contributed by atoms with Gasteiger partial charge in [0.1, 0.15) is 17.7 Å². The molecule has 0 radical (unpaired) electrons. The number of halogens is 1. The Morgan fingerprint density at radius 1 is 1.17 bits per heavy atom. The van der Waals surface area contributed by atoms with Crippen molar-refractivity contribution in [1.82, 2.24) is 0 Å². The monoisotopic (exact) mass is 255 g/mol. The molecule has 18 heavy (non-hydrogen) atoms. The van der Waals surface area contributed by atoms with E-state index in [0.717, 1.165) is 0 Å². The summed E-state index contributed by atoms with van der Waals surface area (Å²) in [6.07, 6.45) is 1.38. The molecule has 1 aromatic carbocycles. The van der Waals surface area contributed by atoms with E-state index < -0.39 is 0 Å². The zero-order chi connectivity index (χ0) is 13.1. The standard InChI is InChI=1S/C13H18FNO3/c1-16-12-6-9(7-13(12)17-2)18-11-5-8(14)3-4-10(11)15/h3-5,9,12-13H,6-7,15H2,1-2H3/t9-,12+,13-. The topological polar surface area (TPSA) is 53.7 Å². The first kappa shape index (κ1) is 13.1. The van der Waals surface area contributed by atoms with Crippen molar-refractivity contribution >= 4 is 5.69 Å². The molecule has 1 aromatic rings. The third kappa shape index (κ3) is 2.73. The minimum Gasteiger partial charge on any atom is -0.488 e. The summed E-state index contributed by atoms with van der Waals surface area (Å²) in [7, 11) is 3.30. The number of nitrogens with two attached hydrogens (primary N) is 1. The highest BCUT2D eigenvalue weighted by atomic mass is 19.1. The van der Waals surface area contributed by atoms with Gasteiger partial charge in [0.05, 0.1) is 17.9 Å². The number of hydrogen-bond acceptors (Lipinski definition) is 4. The summed E-state index contributed by atoms with van der Waals surface area (Å²) in [6.45, 7) is 0. The van der Waals surface area contributed by atoms with E-state index >= 15 is 0 Å². The largest absolute Gasteiger partial charge is 0.488 e. The molecular formula is C13H18FNO3. The summed E-state index contributed by atoms with van der Waals surface area (Å²) in [5, 5.41) is 0. The first-order chi connectivity index (χ1) is 8.63. The van der Waals surface area contributed by atoms with Crippen molar-refractivity contribution < 1.29 is 18.6 Å². The third-order valence-corrected chi connectivity index (χ3v) is 3.28. The van der Waals surface area contributed by atoms with Crippen LogP contribution < -0.4 is 10.5 Å². The highest BCUT2D eigenvalue weighted by Gasteiger charge is 2.36. The van der Waals surface area contributed by atoms with Gasteiger partial charge in [-0.1, -0.05) is 0 Å². The molecule has 100 valence electrons. The minimum atomic E-state index is -0.358. The van der Waals surface area contributed by atoms with Crippen molar-refractivity contribution in [2.45, 2.75) is 31.2 Å². The Balaban J connectivity index is 2.04. The fourth-order valence-corrected chi connectivity index (χ4v) is 2.30. The second-order valence-electron chi connectivity index (χ2n) is 4.44. The maximum Gasteiger partial charge on any atom is 0.145 e. The van der Waals surface area contributed by atoms with Gasteiger partial charge in [-0.3, -0.25) is 0 Å². The van der Waals surface area contributed by atoms with Crippen LogP contribution in [0.1, 0.15) is 12.8 Å². The molecule has 2 N–H and O–H groups in total. The molecule has 0 heterocycles. The number of rotatable bonds is 4. The highest BCUT2D eigenvalue weighted by molar-refractivity contribution is 5.52. The van der Waals surface area contributed by atoms with E-state index in [1.165, 1.54) is 18.2 Å². The lowest BCUT2D eigenvalue weighted by atomic mass is 10.2. The average molecular weight is 255 g/mol. The second kappa shape index (κ2) is 5.54. The lowest BCUT2D eigenvalue weighted by molar-refractivity contribution is -0.0157. The summed E-state index contributed by atoms with van der Waals surface area (Å²) in [4.78, 5) is 0. The molecule has 3 atom stereocenters. The van der Waals surface area contributed by atoms with Gasteiger partial charge < -0.3 is 19.9 Å². The van der Waals surface area contributed by atoms with Crippen LogP contribution in [0, 0.1) is 5.82 Å². The quantitative estimate of drug-likeness (QED) is 0.836. The van der Waals surface area contributed by atoms with E-state index in [-0.39, 0.29) is 24.1 Å². The SMILES string of the molecule is CO[C@H]1C[C@@H](Oc2cc(F)ccc2N)C[C@H]1OC. The first-order valence-electron chi connectivity index (χ1n) is 5.91. The fraction of sp³-hybridized carbons (Fsp3) is 0.538. The van der Waals surface area contributed by atoms with Gasteiger partial charge in [0.15, 0.2) is 0 Å². The fourth-order valence-electron chi connectivity index (χ4n) is 2.30. The molecule has 0 spiro atoms. The maximum atomic E-state index is 13.1. The van der Waals surface area contributed by atoms with Crippen molar-refractivity contribution in [3.05, 3.63) is 24.0 Å². The van der Waals surface area contributed by atoms with Crippen molar-refractivity contribution in [2.24, 2.45) is 0 Å². The van der Waals surface area contributed by atoms with Crippen LogP contribution in [0.2, 0.25) is 0 Å². The Hall–Kier alpha value is -1.33. The lowest BCUT2D eigenvalue weighted by Crippen LogP contribution is -2.23. The molecule has 4 nitrogen and oxygen atoms in total. The molecule has 1 aliphatic rings. The highest BCUT2D eigenvalue weighted by Crippen LogP contribution is 2.31. The summed E-state index contributed by atoms with van der Waals surface area (Å²) < 4.78 is 29.5. The van der Waals surface area contributed by atoms with E-state index in [4.69, 9.17) is 19.9 Å². The Morgan fingerprint density at radius 3 is 2.33 bits per heavy atom. The third-order valence-electron chi connectivity index (χ3n) is 3.28. The summed E-state index contributed by atoms with van der Waals surface area (Å²) in [6, 6.07) is 4.12. The number of anilines is 1. The van der Waals surface area contributed by atoms with Crippen LogP contribution in [-0.4, -0.2) is 32.5 Å². The minimum absolute atomic E-state index is 0.00906. The van der Waals surface area contributed by atoms with E-state index in [0.29, 0.717) is 24.3 Å². The van der Waals surface area contributed by atoms with E-state index in [2.05, 4.69) is 0 Å². The molecular weight excluding hydrogens is 237 g/mol. The molecule has 0 unspecified atom stereocenters. The van der Waals surface area contributed by atoms with Crippen LogP contribution in [0.3, 0.4) is 0 Å². The number of benzene rings is 1. The molecule has 0 amide bonds. The zero-order valence-corrected chi connectivity index (χ0v) is 10.6. The zero-order valence-electron chi connectivity index (χ0n) is 10.6. The molecule has 1 fully saturated rings. The van der Waals surface area contributed by atoms with Crippen molar-refractivity contribution in [3.63, 3.8) is 0 Å². The molecule has 1 aliphatic carbocycles.